The largest absolute Gasteiger partial charge is 0.496 e. The number of carbonyl (C=O) groups excluding carboxylic acids is 1. The van der Waals surface area contributed by atoms with Crippen LogP contribution in [0, 0.1) is 6.92 Å². The number of benzene rings is 3. The second-order valence-corrected chi connectivity index (χ2v) is 7.73. The van der Waals surface area contributed by atoms with E-state index < -0.39 is 0 Å². The average Bonchev–Trinajstić information content (AvgIpc) is 2.84. The lowest BCUT2D eigenvalue weighted by atomic mass is 10.0. The van der Waals surface area contributed by atoms with Crippen LogP contribution in [-0.2, 0) is 0 Å². The molecule has 1 amide bonds. The fraction of sp³-hybridized carbons (Fsp3) is 0.115. The topological polar surface area (TPSA) is 72.8 Å². The second-order valence-electron chi connectivity index (χ2n) is 7.29. The molecule has 0 fully saturated rings. The molecule has 7 heteroatoms. The molecule has 0 radical (unpaired) electrons. The molecule has 3 aromatic carbocycles. The average molecular weight is 460 g/mol. The molecule has 0 aliphatic carbocycles. The number of carbonyl (C=O) groups is 1. The number of hydrazone groups is 1. The highest BCUT2D eigenvalue weighted by Gasteiger charge is 2.14. The minimum Gasteiger partial charge on any atom is -0.496 e. The lowest BCUT2D eigenvalue weighted by molar-refractivity contribution is 0.0956. The molecule has 0 aliphatic rings. The number of fused-ring (bicyclic) bond motifs is 1. The van der Waals surface area contributed by atoms with Crippen LogP contribution in [0.25, 0.3) is 22.2 Å². The Balaban J connectivity index is 1.66. The highest BCUT2D eigenvalue weighted by molar-refractivity contribution is 6.30. The molecule has 1 N–H and O–H groups in total. The van der Waals surface area contributed by atoms with Crippen LogP contribution in [0.15, 0.2) is 71.8 Å². The summed E-state index contributed by atoms with van der Waals surface area (Å²) in [5.41, 5.74) is 6.91. The number of nitrogens with one attached hydrogen (secondary N) is 1. The van der Waals surface area contributed by atoms with Gasteiger partial charge in [-0.05, 0) is 43.3 Å². The van der Waals surface area contributed by atoms with Crippen molar-refractivity contribution in [3.8, 4) is 22.8 Å². The van der Waals surface area contributed by atoms with Crippen LogP contribution in [-0.4, -0.2) is 31.3 Å². The van der Waals surface area contributed by atoms with E-state index in [4.69, 9.17) is 26.1 Å². The number of amides is 1. The fourth-order valence-corrected chi connectivity index (χ4v) is 3.77. The molecular formula is C26H22ClN3O3. The predicted molar refractivity (Wildman–Crippen MR) is 132 cm³/mol. The van der Waals surface area contributed by atoms with Gasteiger partial charge < -0.3 is 9.47 Å². The number of rotatable bonds is 6. The van der Waals surface area contributed by atoms with E-state index in [2.05, 4.69) is 10.5 Å². The van der Waals surface area contributed by atoms with Crippen molar-refractivity contribution < 1.29 is 14.3 Å². The molecule has 4 aromatic rings. The van der Waals surface area contributed by atoms with Crippen molar-refractivity contribution in [2.75, 3.05) is 14.2 Å². The van der Waals surface area contributed by atoms with E-state index in [1.54, 1.807) is 38.6 Å². The number of pyridine rings is 1. The van der Waals surface area contributed by atoms with Gasteiger partial charge in [0, 0.05) is 27.1 Å². The Morgan fingerprint density at radius 1 is 1.03 bits per heavy atom. The van der Waals surface area contributed by atoms with Crippen molar-refractivity contribution in [2.24, 2.45) is 5.10 Å². The Morgan fingerprint density at radius 2 is 1.79 bits per heavy atom. The molecule has 33 heavy (non-hydrogen) atoms. The summed E-state index contributed by atoms with van der Waals surface area (Å²) in [6.07, 6.45) is 1.55. The van der Waals surface area contributed by atoms with E-state index in [1.807, 2.05) is 55.5 Å². The van der Waals surface area contributed by atoms with Crippen molar-refractivity contribution >= 4 is 34.6 Å². The monoisotopic (exact) mass is 459 g/mol. The van der Waals surface area contributed by atoms with E-state index in [-0.39, 0.29) is 5.91 Å². The summed E-state index contributed by atoms with van der Waals surface area (Å²) in [6, 6.07) is 20.2. The minimum atomic E-state index is -0.343. The van der Waals surface area contributed by atoms with Gasteiger partial charge in [0.05, 0.1) is 37.2 Å². The van der Waals surface area contributed by atoms with E-state index >= 15 is 0 Å². The summed E-state index contributed by atoms with van der Waals surface area (Å²) in [6.45, 7) is 1.90. The molecule has 1 aromatic heterocycles. The number of hydrogen-bond donors (Lipinski definition) is 1. The van der Waals surface area contributed by atoms with Gasteiger partial charge >= 0.3 is 0 Å². The van der Waals surface area contributed by atoms with Crippen molar-refractivity contribution in [1.82, 2.24) is 10.4 Å². The highest BCUT2D eigenvalue weighted by atomic mass is 35.5. The van der Waals surface area contributed by atoms with Gasteiger partial charge in [-0.15, -0.1) is 0 Å². The number of ether oxygens (including phenoxy) is 2. The molecule has 0 unspecified atom stereocenters. The first-order valence-corrected chi connectivity index (χ1v) is 10.6. The Bertz CT molecular complexity index is 1350. The molecule has 0 saturated carbocycles. The van der Waals surface area contributed by atoms with Crippen LogP contribution in [0.3, 0.4) is 0 Å². The van der Waals surface area contributed by atoms with Gasteiger partial charge in [0.2, 0.25) is 0 Å². The maximum absolute atomic E-state index is 13.1. The molecule has 166 valence electrons. The lowest BCUT2D eigenvalue weighted by Gasteiger charge is -2.12. The molecule has 1 heterocycles. The summed E-state index contributed by atoms with van der Waals surface area (Å²) >= 11 is 6.02. The Morgan fingerprint density at radius 3 is 2.52 bits per heavy atom. The number of hydrogen-bond acceptors (Lipinski definition) is 5. The zero-order valence-electron chi connectivity index (χ0n) is 18.4. The molecule has 0 aliphatic heterocycles. The fourth-order valence-electron chi connectivity index (χ4n) is 3.64. The van der Waals surface area contributed by atoms with Crippen molar-refractivity contribution in [3.05, 3.63) is 88.4 Å². The van der Waals surface area contributed by atoms with E-state index in [9.17, 15) is 4.79 Å². The van der Waals surface area contributed by atoms with E-state index in [1.165, 1.54) is 0 Å². The zero-order valence-corrected chi connectivity index (χ0v) is 19.2. The Hall–Kier alpha value is -3.90. The third-order valence-corrected chi connectivity index (χ3v) is 5.53. The normalized spacial score (nSPS) is 11.0. The van der Waals surface area contributed by atoms with Gasteiger partial charge in [-0.25, -0.2) is 10.4 Å². The summed E-state index contributed by atoms with van der Waals surface area (Å²) in [7, 11) is 3.19. The number of para-hydroxylation sites is 1. The summed E-state index contributed by atoms with van der Waals surface area (Å²) < 4.78 is 10.8. The quantitative estimate of drug-likeness (QED) is 0.299. The van der Waals surface area contributed by atoms with Gasteiger partial charge in [-0.3, -0.25) is 4.79 Å². The molecule has 0 bridgehead atoms. The first-order valence-electron chi connectivity index (χ1n) is 10.2. The third kappa shape index (κ3) is 4.66. The van der Waals surface area contributed by atoms with Crippen LogP contribution in [0.5, 0.6) is 11.5 Å². The van der Waals surface area contributed by atoms with Gasteiger partial charge in [-0.2, -0.15) is 5.10 Å². The van der Waals surface area contributed by atoms with Crippen molar-refractivity contribution in [1.29, 1.82) is 0 Å². The Labute approximate surface area is 196 Å². The number of aromatic nitrogens is 1. The SMILES string of the molecule is COc1ccc(/C=N/NC(=O)c2cc(-c3ccc(Cl)cc3)nc3ccccc23)c(OC)c1C. The molecule has 0 atom stereocenters. The first kappa shape index (κ1) is 22.3. The molecular weight excluding hydrogens is 438 g/mol. The minimum absolute atomic E-state index is 0.343. The van der Waals surface area contributed by atoms with Crippen LogP contribution < -0.4 is 14.9 Å². The van der Waals surface area contributed by atoms with E-state index in [0.717, 1.165) is 22.1 Å². The maximum Gasteiger partial charge on any atom is 0.272 e. The molecule has 6 nitrogen and oxygen atoms in total. The highest BCUT2D eigenvalue weighted by Crippen LogP contribution is 2.30. The predicted octanol–water partition coefficient (Wildman–Crippen LogP) is 5.64. The summed E-state index contributed by atoms with van der Waals surface area (Å²) in [4.78, 5) is 17.8. The second kappa shape index (κ2) is 9.71. The lowest BCUT2D eigenvalue weighted by Crippen LogP contribution is -2.18. The van der Waals surface area contributed by atoms with Gasteiger partial charge in [0.15, 0.2) is 0 Å². The van der Waals surface area contributed by atoms with Crippen molar-refractivity contribution in [3.63, 3.8) is 0 Å². The van der Waals surface area contributed by atoms with Crippen molar-refractivity contribution in [2.45, 2.75) is 6.92 Å². The standard InChI is InChI=1S/C26H22ClN3O3/c1-16-24(32-2)13-10-18(25(16)33-3)15-28-30-26(31)21-14-23(17-8-11-19(27)12-9-17)29-22-7-5-4-6-20(21)22/h4-15H,1-3H3,(H,30,31)/b28-15+. The first-order chi connectivity index (χ1) is 16.0. The number of nitrogens with zero attached hydrogens (tertiary/aromatic N) is 2. The summed E-state index contributed by atoms with van der Waals surface area (Å²) in [5, 5.41) is 5.53. The van der Waals surface area contributed by atoms with Gasteiger partial charge in [-0.1, -0.05) is 41.9 Å². The van der Waals surface area contributed by atoms with Gasteiger partial charge in [0.25, 0.3) is 5.91 Å². The molecule has 4 rings (SSSR count). The summed E-state index contributed by atoms with van der Waals surface area (Å²) in [5.74, 6) is 1.00. The van der Waals surface area contributed by atoms with Gasteiger partial charge in [0.1, 0.15) is 11.5 Å². The van der Waals surface area contributed by atoms with Crippen LogP contribution in [0.1, 0.15) is 21.5 Å². The van der Waals surface area contributed by atoms with Crippen LogP contribution >= 0.6 is 11.6 Å². The Kier molecular flexibility index (Phi) is 6.56. The van der Waals surface area contributed by atoms with Crippen LogP contribution in [0.4, 0.5) is 0 Å². The van der Waals surface area contributed by atoms with E-state index in [0.29, 0.717) is 33.3 Å². The third-order valence-electron chi connectivity index (χ3n) is 5.28. The number of methoxy groups -OCH3 is 2. The maximum atomic E-state index is 13.1. The van der Waals surface area contributed by atoms with Crippen LogP contribution in [0.2, 0.25) is 5.02 Å². The smallest absolute Gasteiger partial charge is 0.272 e. The molecule has 0 saturated heterocycles. The molecule has 0 spiro atoms. The zero-order chi connectivity index (χ0) is 23.4. The number of halogens is 1.